The minimum Gasteiger partial charge on any atom is -0.461 e. The first-order chi connectivity index (χ1) is 27.2. The van der Waals surface area contributed by atoms with Crippen LogP contribution >= 0.6 is 0 Å². The number of fused-ring (bicyclic) bond motifs is 1. The van der Waals surface area contributed by atoms with E-state index in [1.54, 1.807) is 27.7 Å². The van der Waals surface area contributed by atoms with Crippen LogP contribution in [0.1, 0.15) is 43.6 Å². The molecule has 1 aliphatic heterocycles. The van der Waals surface area contributed by atoms with E-state index in [4.69, 9.17) is 4.74 Å². The number of likely N-dealkylation sites (N-methyl/N-ethyl adjacent to an activating group) is 1. The van der Waals surface area contributed by atoms with E-state index in [1.807, 2.05) is 4.72 Å². The number of amides is 4. The van der Waals surface area contributed by atoms with Crippen molar-refractivity contribution in [3.63, 3.8) is 0 Å². The Bertz CT molecular complexity index is 2740. The third-order valence-corrected chi connectivity index (χ3v) is 10.9. The number of carbonyl (C=O) groups excluding carboxylic acids is 4. The standard InChI is InChI=1S/C38H36F2N8O9S/c1-20(2)57-34(51)29(15-21-7-12-31(42-18-21)48-33(50)24-13-14-41-19-30(24)45(5)36(48)53)43-32(49)25-16-27(40)28(17-26(25)39)44-58(55,56)23-10-8-22(9-11-23)47-35(52)38(3,4)46(6)37(47)54/h7-14,16-20,29,44H,15H2,1-6H3,(H,43,49)/t29-/m0/s1. The van der Waals surface area contributed by atoms with Gasteiger partial charge in [-0.1, -0.05) is 6.07 Å². The molecule has 302 valence electrons. The van der Waals surface area contributed by atoms with Crippen LogP contribution < -0.4 is 26.2 Å². The Morgan fingerprint density at radius 3 is 2.22 bits per heavy atom. The quantitative estimate of drug-likeness (QED) is 0.146. The average Bonchev–Trinajstić information content (AvgIpc) is 3.33. The predicted octanol–water partition coefficient (Wildman–Crippen LogP) is 3.03. The van der Waals surface area contributed by atoms with Gasteiger partial charge >= 0.3 is 17.7 Å². The largest absolute Gasteiger partial charge is 0.461 e. The normalized spacial score (nSPS) is 14.6. The molecule has 3 aromatic heterocycles. The summed E-state index contributed by atoms with van der Waals surface area (Å²) >= 11 is 0. The molecule has 0 aliphatic carbocycles. The van der Waals surface area contributed by atoms with Crippen molar-refractivity contribution in [2.75, 3.05) is 16.7 Å². The van der Waals surface area contributed by atoms with Gasteiger partial charge in [0.2, 0.25) is 0 Å². The van der Waals surface area contributed by atoms with Gasteiger partial charge in [-0.3, -0.25) is 28.7 Å². The van der Waals surface area contributed by atoms with Crippen molar-refractivity contribution in [3.8, 4) is 5.82 Å². The van der Waals surface area contributed by atoms with Crippen molar-refractivity contribution in [1.82, 2.24) is 29.3 Å². The first-order valence-electron chi connectivity index (χ1n) is 17.5. The molecular formula is C38H36F2N8O9S. The van der Waals surface area contributed by atoms with Crippen molar-refractivity contribution in [1.29, 1.82) is 0 Å². The number of hydrogen-bond acceptors (Lipinski definition) is 11. The number of rotatable bonds is 11. The first kappa shape index (κ1) is 40.8. The lowest BCUT2D eigenvalue weighted by Gasteiger charge is -2.22. The summed E-state index contributed by atoms with van der Waals surface area (Å²) in [5, 5.41) is 2.55. The van der Waals surface area contributed by atoms with Gasteiger partial charge in [-0.05, 0) is 75.7 Å². The second kappa shape index (κ2) is 15.3. The van der Waals surface area contributed by atoms with Crippen LogP contribution in [0.2, 0.25) is 0 Å². The fraction of sp³-hybridized carbons (Fsp3) is 0.263. The molecule has 0 radical (unpaired) electrons. The molecule has 20 heteroatoms. The molecule has 5 aromatic rings. The zero-order valence-electron chi connectivity index (χ0n) is 31.8. The second-order valence-electron chi connectivity index (χ2n) is 14.1. The average molecular weight is 819 g/mol. The van der Waals surface area contributed by atoms with Crippen molar-refractivity contribution in [3.05, 3.63) is 117 Å². The number of nitrogens with zero attached hydrogens (tertiary/aromatic N) is 6. The summed E-state index contributed by atoms with van der Waals surface area (Å²) in [6.07, 6.45) is 3.16. The summed E-state index contributed by atoms with van der Waals surface area (Å²) in [5.74, 6) is -5.41. The molecule has 0 bridgehead atoms. The Morgan fingerprint density at radius 1 is 0.931 bits per heavy atom. The van der Waals surface area contributed by atoms with E-state index >= 15 is 8.78 Å². The molecule has 0 saturated carbocycles. The second-order valence-corrected chi connectivity index (χ2v) is 15.8. The molecule has 6 rings (SSSR count). The van der Waals surface area contributed by atoms with Gasteiger partial charge in [-0.2, -0.15) is 0 Å². The molecule has 2 aromatic carbocycles. The number of nitrogens with one attached hydrogen (secondary N) is 2. The minimum absolute atomic E-state index is 0.0316. The number of carbonyl (C=O) groups is 4. The van der Waals surface area contributed by atoms with Crippen molar-refractivity contribution >= 4 is 56.1 Å². The summed E-state index contributed by atoms with van der Waals surface area (Å²) < 4.78 is 66.4. The minimum atomic E-state index is -4.56. The highest BCUT2D eigenvalue weighted by atomic mass is 32.2. The fourth-order valence-electron chi connectivity index (χ4n) is 6.04. The van der Waals surface area contributed by atoms with E-state index in [0.717, 1.165) is 21.6 Å². The van der Waals surface area contributed by atoms with E-state index in [2.05, 4.69) is 15.3 Å². The number of halogens is 2. The summed E-state index contributed by atoms with van der Waals surface area (Å²) in [6, 6.07) is 7.65. The Morgan fingerprint density at radius 2 is 1.62 bits per heavy atom. The SMILES string of the molecule is CC(C)OC(=O)[C@H](Cc1ccc(-n2c(=O)c3ccncc3n(C)c2=O)nc1)NC(=O)c1cc(F)c(NS(=O)(=O)c2ccc(N3C(=O)N(C)C(C)(C)C3=O)cc2)cc1F. The Kier molecular flexibility index (Phi) is 10.7. The first-order valence-corrected chi connectivity index (χ1v) is 19.0. The number of pyridine rings is 2. The number of sulfonamides is 1. The monoisotopic (exact) mass is 818 g/mol. The maximum absolute atomic E-state index is 15.4. The molecule has 1 aliphatic rings. The number of aryl methyl sites for hydroxylation is 1. The summed E-state index contributed by atoms with van der Waals surface area (Å²) in [7, 11) is -1.64. The summed E-state index contributed by atoms with van der Waals surface area (Å²) in [4.78, 5) is 88.0. The zero-order valence-corrected chi connectivity index (χ0v) is 32.6. The number of hydrogen-bond donors (Lipinski definition) is 2. The Labute approximate surface area is 328 Å². The van der Waals surface area contributed by atoms with Crippen LogP contribution in [-0.4, -0.2) is 81.0 Å². The Balaban J connectivity index is 1.19. The van der Waals surface area contributed by atoms with Gasteiger partial charge in [0, 0.05) is 39.0 Å². The van der Waals surface area contributed by atoms with Gasteiger partial charge in [-0.15, -0.1) is 0 Å². The van der Waals surface area contributed by atoms with Crippen LogP contribution in [0.25, 0.3) is 16.7 Å². The number of esters is 1. The van der Waals surface area contributed by atoms with E-state index < -0.39 is 90.6 Å². The maximum atomic E-state index is 15.4. The number of anilines is 2. The van der Waals surface area contributed by atoms with Crippen LogP contribution in [0.4, 0.5) is 25.0 Å². The molecule has 0 spiro atoms. The number of imide groups is 1. The zero-order chi connectivity index (χ0) is 42.4. The highest BCUT2D eigenvalue weighted by molar-refractivity contribution is 7.92. The highest BCUT2D eigenvalue weighted by Crippen LogP contribution is 2.32. The molecular weight excluding hydrogens is 783 g/mol. The van der Waals surface area contributed by atoms with Crippen LogP contribution in [0.3, 0.4) is 0 Å². The highest BCUT2D eigenvalue weighted by Gasteiger charge is 2.50. The third kappa shape index (κ3) is 7.52. The van der Waals surface area contributed by atoms with Crippen LogP contribution in [0.5, 0.6) is 0 Å². The van der Waals surface area contributed by atoms with Gasteiger partial charge in [0.15, 0.2) is 0 Å². The van der Waals surface area contributed by atoms with E-state index in [1.165, 1.54) is 72.5 Å². The molecule has 1 fully saturated rings. The predicted molar refractivity (Wildman–Crippen MR) is 205 cm³/mol. The molecule has 4 amide bonds. The maximum Gasteiger partial charge on any atom is 0.337 e. The molecule has 1 atom stereocenters. The van der Waals surface area contributed by atoms with Crippen molar-refractivity contribution in [2.24, 2.45) is 7.05 Å². The molecule has 0 unspecified atom stereocenters. The van der Waals surface area contributed by atoms with E-state index in [0.29, 0.717) is 23.2 Å². The molecule has 58 heavy (non-hydrogen) atoms. The van der Waals surface area contributed by atoms with Gasteiger partial charge in [-0.25, -0.2) is 46.0 Å². The van der Waals surface area contributed by atoms with Crippen LogP contribution in [-0.2, 0) is 37.8 Å². The Hall–Kier alpha value is -6.83. The van der Waals surface area contributed by atoms with Crippen molar-refractivity contribution < 1.29 is 41.1 Å². The molecule has 17 nitrogen and oxygen atoms in total. The lowest BCUT2D eigenvalue weighted by molar-refractivity contribution is -0.149. The van der Waals surface area contributed by atoms with Gasteiger partial charge in [0.25, 0.3) is 27.4 Å². The van der Waals surface area contributed by atoms with Crippen LogP contribution in [0, 0.1) is 11.6 Å². The summed E-state index contributed by atoms with van der Waals surface area (Å²) in [6.45, 7) is 6.23. The van der Waals surface area contributed by atoms with Gasteiger partial charge in [0.1, 0.15) is 29.0 Å². The number of aromatic nitrogens is 4. The fourth-order valence-corrected chi connectivity index (χ4v) is 7.10. The topological polar surface area (TPSA) is 212 Å². The van der Waals surface area contributed by atoms with E-state index in [-0.39, 0.29) is 23.3 Å². The van der Waals surface area contributed by atoms with Gasteiger partial charge in [0.05, 0.1) is 45.0 Å². The molecule has 1 saturated heterocycles. The third-order valence-electron chi connectivity index (χ3n) is 9.49. The van der Waals surface area contributed by atoms with Crippen LogP contribution in [0.15, 0.2) is 87.7 Å². The smallest absolute Gasteiger partial charge is 0.337 e. The van der Waals surface area contributed by atoms with Crippen molar-refractivity contribution in [2.45, 2.75) is 56.7 Å². The molecule has 4 heterocycles. The lowest BCUT2D eigenvalue weighted by atomic mass is 10.1. The van der Waals surface area contributed by atoms with Gasteiger partial charge < -0.3 is 15.0 Å². The lowest BCUT2D eigenvalue weighted by Crippen LogP contribution is -2.44. The number of benzene rings is 2. The van der Waals surface area contributed by atoms with E-state index in [9.17, 15) is 37.2 Å². The molecule has 2 N–H and O–H groups in total. The summed E-state index contributed by atoms with van der Waals surface area (Å²) in [5.41, 5.74) is -3.44. The number of ether oxygens (including phenoxy) is 1. The number of urea groups is 1.